The number of amides is 1. The zero-order valence-electron chi connectivity index (χ0n) is 12.4. The van der Waals surface area contributed by atoms with Crippen molar-refractivity contribution in [1.29, 1.82) is 0 Å². The number of benzene rings is 1. The lowest BCUT2D eigenvalue weighted by Crippen LogP contribution is -2.35. The lowest BCUT2D eigenvalue weighted by atomic mass is 9.80. The highest BCUT2D eigenvalue weighted by Crippen LogP contribution is 2.40. The van der Waals surface area contributed by atoms with Crippen LogP contribution in [0, 0.1) is 12.3 Å². The van der Waals surface area contributed by atoms with E-state index >= 15 is 0 Å². The summed E-state index contributed by atoms with van der Waals surface area (Å²) in [7, 11) is 0. The van der Waals surface area contributed by atoms with Crippen LogP contribution in [0.15, 0.2) is 18.2 Å². The number of ether oxygens (including phenoxy) is 1. The van der Waals surface area contributed by atoms with Crippen molar-refractivity contribution in [3.63, 3.8) is 0 Å². The Kier molecular flexibility index (Phi) is 4.79. The number of nitrogen functional groups attached to an aromatic ring is 1. The minimum Gasteiger partial charge on any atom is -0.399 e. The number of halogens is 1. The normalized spacial score (nSPS) is 20.3. The van der Waals surface area contributed by atoms with Gasteiger partial charge in [-0.15, -0.1) is 12.4 Å². The third kappa shape index (κ3) is 3.16. The maximum atomic E-state index is 12.7. The molecule has 2 fully saturated rings. The molecule has 2 N–H and O–H groups in total. The van der Waals surface area contributed by atoms with Crippen molar-refractivity contribution in [1.82, 2.24) is 4.90 Å². The van der Waals surface area contributed by atoms with E-state index in [1.807, 2.05) is 24.0 Å². The summed E-state index contributed by atoms with van der Waals surface area (Å²) in [6.07, 6.45) is 3.25. The molecule has 2 saturated heterocycles. The van der Waals surface area contributed by atoms with Crippen LogP contribution in [0.1, 0.15) is 35.2 Å². The number of hydrogen-bond acceptors (Lipinski definition) is 3. The highest BCUT2D eigenvalue weighted by molar-refractivity contribution is 5.96. The standard InChI is InChI=1S/C16H22N2O2.ClH/c1-12-2-3-13(17)10-14(12)15(19)18-7-4-16(11-18)5-8-20-9-6-16;/h2-3,10H,4-9,11,17H2,1H3;1H. The second-order valence-corrected chi connectivity index (χ2v) is 6.16. The van der Waals surface area contributed by atoms with Gasteiger partial charge in [0.05, 0.1) is 0 Å². The fourth-order valence-electron chi connectivity index (χ4n) is 3.36. The third-order valence-corrected chi connectivity index (χ3v) is 4.77. The molecule has 0 unspecified atom stereocenters. The minimum absolute atomic E-state index is 0. The molecular weight excluding hydrogens is 288 g/mol. The summed E-state index contributed by atoms with van der Waals surface area (Å²) in [6, 6.07) is 5.56. The van der Waals surface area contributed by atoms with Crippen molar-refractivity contribution in [2.45, 2.75) is 26.2 Å². The number of aryl methyl sites for hydroxylation is 1. The van der Waals surface area contributed by atoms with Gasteiger partial charge in [0, 0.05) is 37.6 Å². The first kappa shape index (κ1) is 16.1. The van der Waals surface area contributed by atoms with E-state index < -0.39 is 0 Å². The van der Waals surface area contributed by atoms with Gasteiger partial charge in [0.2, 0.25) is 0 Å². The molecule has 3 rings (SSSR count). The molecule has 0 aromatic heterocycles. The summed E-state index contributed by atoms with van der Waals surface area (Å²) in [5, 5.41) is 0. The number of nitrogens with zero attached hydrogens (tertiary/aromatic N) is 1. The maximum absolute atomic E-state index is 12.7. The predicted molar refractivity (Wildman–Crippen MR) is 85.8 cm³/mol. The van der Waals surface area contributed by atoms with Crippen LogP contribution in [0.2, 0.25) is 0 Å². The van der Waals surface area contributed by atoms with E-state index in [2.05, 4.69) is 0 Å². The molecule has 0 radical (unpaired) electrons. The topological polar surface area (TPSA) is 55.6 Å². The van der Waals surface area contributed by atoms with Crippen LogP contribution in [0.3, 0.4) is 0 Å². The molecule has 1 aromatic rings. The first-order chi connectivity index (χ1) is 9.60. The molecule has 2 heterocycles. The summed E-state index contributed by atoms with van der Waals surface area (Å²) in [5.41, 5.74) is 8.50. The Morgan fingerprint density at radius 1 is 1.29 bits per heavy atom. The van der Waals surface area contributed by atoms with Crippen LogP contribution in [0.5, 0.6) is 0 Å². The summed E-state index contributed by atoms with van der Waals surface area (Å²) >= 11 is 0. The second kappa shape index (κ2) is 6.24. The van der Waals surface area contributed by atoms with Crippen LogP contribution >= 0.6 is 12.4 Å². The molecule has 116 valence electrons. The van der Waals surface area contributed by atoms with E-state index in [9.17, 15) is 4.79 Å². The Morgan fingerprint density at radius 2 is 2.00 bits per heavy atom. The number of nitrogens with two attached hydrogens (primary N) is 1. The van der Waals surface area contributed by atoms with Gasteiger partial charge in [-0.1, -0.05) is 6.07 Å². The molecule has 2 aliphatic heterocycles. The molecule has 0 aliphatic carbocycles. The Balaban J connectivity index is 0.00000161. The molecule has 21 heavy (non-hydrogen) atoms. The van der Waals surface area contributed by atoms with Crippen LogP contribution < -0.4 is 5.73 Å². The Hall–Kier alpha value is -1.26. The first-order valence-corrected chi connectivity index (χ1v) is 7.33. The number of rotatable bonds is 1. The molecule has 1 amide bonds. The first-order valence-electron chi connectivity index (χ1n) is 7.33. The monoisotopic (exact) mass is 310 g/mol. The van der Waals surface area contributed by atoms with Crippen molar-refractivity contribution in [3.8, 4) is 0 Å². The molecule has 0 atom stereocenters. The molecule has 4 nitrogen and oxygen atoms in total. The third-order valence-electron chi connectivity index (χ3n) is 4.77. The van der Waals surface area contributed by atoms with Crippen LogP contribution in [0.4, 0.5) is 5.69 Å². The maximum Gasteiger partial charge on any atom is 0.254 e. The van der Waals surface area contributed by atoms with Gasteiger partial charge in [-0.25, -0.2) is 0 Å². The summed E-state index contributed by atoms with van der Waals surface area (Å²) in [4.78, 5) is 14.7. The smallest absolute Gasteiger partial charge is 0.254 e. The van der Waals surface area contributed by atoms with E-state index in [1.165, 1.54) is 0 Å². The second-order valence-electron chi connectivity index (χ2n) is 6.16. The largest absolute Gasteiger partial charge is 0.399 e. The van der Waals surface area contributed by atoms with Crippen molar-refractivity contribution >= 4 is 24.0 Å². The lowest BCUT2D eigenvalue weighted by Gasteiger charge is -2.33. The van der Waals surface area contributed by atoms with E-state index in [-0.39, 0.29) is 18.3 Å². The molecule has 5 heteroatoms. The fourth-order valence-corrected chi connectivity index (χ4v) is 3.36. The molecule has 0 saturated carbocycles. The van der Waals surface area contributed by atoms with E-state index in [0.717, 1.165) is 56.7 Å². The van der Waals surface area contributed by atoms with Gasteiger partial charge >= 0.3 is 0 Å². The molecule has 0 bridgehead atoms. The van der Waals surface area contributed by atoms with E-state index in [4.69, 9.17) is 10.5 Å². The van der Waals surface area contributed by atoms with Gasteiger partial charge in [0.15, 0.2) is 0 Å². The average Bonchev–Trinajstić information content (AvgIpc) is 2.85. The zero-order chi connectivity index (χ0) is 14.2. The van der Waals surface area contributed by atoms with Crippen molar-refractivity contribution < 1.29 is 9.53 Å². The predicted octanol–water partition coefficient (Wildman–Crippen LogP) is 2.64. The van der Waals surface area contributed by atoms with E-state index in [0.29, 0.717) is 11.1 Å². The summed E-state index contributed by atoms with van der Waals surface area (Å²) in [5.74, 6) is 0.123. The average molecular weight is 311 g/mol. The number of anilines is 1. The fraction of sp³-hybridized carbons (Fsp3) is 0.562. The van der Waals surface area contributed by atoms with Crippen molar-refractivity contribution in [2.75, 3.05) is 32.0 Å². The van der Waals surface area contributed by atoms with Crippen molar-refractivity contribution in [3.05, 3.63) is 29.3 Å². The van der Waals surface area contributed by atoms with Crippen LogP contribution in [-0.2, 0) is 4.74 Å². The van der Waals surface area contributed by atoms with Crippen LogP contribution in [-0.4, -0.2) is 37.1 Å². The van der Waals surface area contributed by atoms with Gasteiger partial charge in [0.25, 0.3) is 5.91 Å². The minimum atomic E-state index is 0. The molecule has 1 aromatic carbocycles. The van der Waals surface area contributed by atoms with E-state index in [1.54, 1.807) is 6.07 Å². The summed E-state index contributed by atoms with van der Waals surface area (Å²) < 4.78 is 5.45. The SMILES string of the molecule is Cc1ccc(N)cc1C(=O)N1CCC2(CCOCC2)C1.Cl. The van der Waals surface area contributed by atoms with Gasteiger partial charge in [-0.2, -0.15) is 0 Å². The summed E-state index contributed by atoms with van der Waals surface area (Å²) in [6.45, 7) is 5.35. The van der Waals surface area contributed by atoms with Gasteiger partial charge in [0.1, 0.15) is 0 Å². The number of carbonyl (C=O) groups excluding carboxylic acids is 1. The van der Waals surface area contributed by atoms with Gasteiger partial charge in [-0.3, -0.25) is 4.79 Å². The van der Waals surface area contributed by atoms with Gasteiger partial charge < -0.3 is 15.4 Å². The number of carbonyl (C=O) groups is 1. The molecule has 1 spiro atoms. The Morgan fingerprint density at radius 3 is 2.71 bits per heavy atom. The Bertz CT molecular complexity index is 527. The number of likely N-dealkylation sites (tertiary alicyclic amines) is 1. The quantitative estimate of drug-likeness (QED) is 0.811. The number of hydrogen-bond donors (Lipinski definition) is 1. The Labute approximate surface area is 132 Å². The zero-order valence-corrected chi connectivity index (χ0v) is 13.2. The van der Waals surface area contributed by atoms with Crippen molar-refractivity contribution in [2.24, 2.45) is 5.41 Å². The molecule has 2 aliphatic rings. The molecular formula is C16H23ClN2O2. The highest BCUT2D eigenvalue weighted by atomic mass is 35.5. The van der Waals surface area contributed by atoms with Crippen LogP contribution in [0.25, 0.3) is 0 Å². The lowest BCUT2D eigenvalue weighted by molar-refractivity contribution is 0.0191. The highest BCUT2D eigenvalue weighted by Gasteiger charge is 2.41. The van der Waals surface area contributed by atoms with Gasteiger partial charge in [-0.05, 0) is 49.3 Å².